The third kappa shape index (κ3) is 2.03. The van der Waals surface area contributed by atoms with E-state index in [0.29, 0.717) is 6.61 Å². The Hall–Kier alpha value is -0.450. The Morgan fingerprint density at radius 2 is 2.33 bits per heavy atom. The first-order chi connectivity index (χ1) is 5.81. The summed E-state index contributed by atoms with van der Waals surface area (Å²) in [5.74, 6) is 0. The minimum absolute atomic E-state index is 0.0658. The average Bonchev–Trinajstić information content (AvgIpc) is 2.48. The van der Waals surface area contributed by atoms with Gasteiger partial charge in [-0.05, 0) is 6.42 Å². The Bertz CT molecular complexity index is 247. The van der Waals surface area contributed by atoms with Crippen molar-refractivity contribution in [1.82, 2.24) is 4.98 Å². The van der Waals surface area contributed by atoms with Crippen LogP contribution in [0.2, 0.25) is 0 Å². The van der Waals surface area contributed by atoms with Crippen LogP contribution in [0.15, 0.2) is 0 Å². The second-order valence-corrected chi connectivity index (χ2v) is 3.59. The van der Waals surface area contributed by atoms with Crippen LogP contribution in [0.5, 0.6) is 0 Å². The van der Waals surface area contributed by atoms with Crippen LogP contribution >= 0.6 is 11.3 Å². The fourth-order valence-electron chi connectivity index (χ4n) is 0.961. The Morgan fingerprint density at radius 1 is 1.58 bits per heavy atom. The number of hydrogen-bond acceptors (Lipinski definition) is 4. The third-order valence-corrected chi connectivity index (χ3v) is 2.78. The number of methoxy groups -OCH3 is 1. The van der Waals surface area contributed by atoms with Crippen LogP contribution in [0.1, 0.15) is 22.5 Å². The molecule has 0 aliphatic carbocycles. The van der Waals surface area contributed by atoms with E-state index in [2.05, 4.69) is 11.9 Å². The van der Waals surface area contributed by atoms with Crippen LogP contribution in [-0.2, 0) is 24.4 Å². The largest absolute Gasteiger partial charge is 0.391 e. The molecule has 0 unspecified atom stereocenters. The van der Waals surface area contributed by atoms with Gasteiger partial charge in [-0.1, -0.05) is 6.92 Å². The fourth-order valence-corrected chi connectivity index (χ4v) is 1.83. The van der Waals surface area contributed by atoms with Crippen LogP contribution in [0.25, 0.3) is 0 Å². The number of rotatable bonds is 4. The zero-order valence-corrected chi connectivity index (χ0v) is 8.15. The van der Waals surface area contributed by atoms with Gasteiger partial charge in [-0.3, -0.25) is 0 Å². The highest BCUT2D eigenvalue weighted by Crippen LogP contribution is 2.19. The SMILES string of the molecule is CCc1nc(COC)c(CO)s1. The van der Waals surface area contributed by atoms with E-state index in [9.17, 15) is 0 Å². The molecule has 0 amide bonds. The summed E-state index contributed by atoms with van der Waals surface area (Å²) in [6.07, 6.45) is 0.918. The molecule has 0 fully saturated rings. The molecule has 4 heteroatoms. The van der Waals surface area contributed by atoms with Gasteiger partial charge in [-0.2, -0.15) is 0 Å². The Kier molecular flexibility index (Phi) is 3.65. The van der Waals surface area contributed by atoms with Crippen molar-refractivity contribution >= 4 is 11.3 Å². The van der Waals surface area contributed by atoms with Gasteiger partial charge in [0.15, 0.2) is 0 Å². The Morgan fingerprint density at radius 3 is 2.83 bits per heavy atom. The van der Waals surface area contributed by atoms with Gasteiger partial charge in [0.05, 0.1) is 28.8 Å². The van der Waals surface area contributed by atoms with Crippen LogP contribution in [0.3, 0.4) is 0 Å². The summed E-state index contributed by atoms with van der Waals surface area (Å²) < 4.78 is 4.96. The molecule has 0 aliphatic rings. The number of ether oxygens (including phenoxy) is 1. The summed E-state index contributed by atoms with van der Waals surface area (Å²) in [7, 11) is 1.63. The monoisotopic (exact) mass is 187 g/mol. The molecule has 1 aromatic rings. The average molecular weight is 187 g/mol. The molecule has 68 valence electrons. The predicted octanol–water partition coefficient (Wildman–Crippen LogP) is 1.34. The molecule has 0 aromatic carbocycles. The lowest BCUT2D eigenvalue weighted by molar-refractivity contribution is 0.178. The van der Waals surface area contributed by atoms with E-state index >= 15 is 0 Å². The number of aliphatic hydroxyl groups is 1. The lowest BCUT2D eigenvalue weighted by Crippen LogP contribution is -1.93. The topological polar surface area (TPSA) is 42.4 Å². The van der Waals surface area contributed by atoms with Crippen molar-refractivity contribution in [3.05, 3.63) is 15.6 Å². The summed E-state index contributed by atoms with van der Waals surface area (Å²) in [5.41, 5.74) is 0.877. The van der Waals surface area contributed by atoms with Gasteiger partial charge in [-0.25, -0.2) is 4.98 Å². The number of aliphatic hydroxyl groups excluding tert-OH is 1. The van der Waals surface area contributed by atoms with Gasteiger partial charge in [0.1, 0.15) is 0 Å². The fraction of sp³-hybridized carbons (Fsp3) is 0.625. The molecular formula is C8H13NO2S. The predicted molar refractivity (Wildman–Crippen MR) is 48.1 cm³/mol. The van der Waals surface area contributed by atoms with Gasteiger partial charge in [0, 0.05) is 7.11 Å². The normalized spacial score (nSPS) is 10.6. The molecule has 0 saturated carbocycles. The first kappa shape index (κ1) is 9.64. The maximum Gasteiger partial charge on any atom is 0.0930 e. The third-order valence-electron chi connectivity index (χ3n) is 1.55. The second kappa shape index (κ2) is 4.54. The standard InChI is InChI=1S/C8H13NO2S/c1-3-8-9-6(5-11-2)7(4-10)12-8/h10H,3-5H2,1-2H3. The van der Waals surface area contributed by atoms with Crippen molar-refractivity contribution in [3.8, 4) is 0 Å². The molecular weight excluding hydrogens is 174 g/mol. The van der Waals surface area contributed by atoms with E-state index in [4.69, 9.17) is 9.84 Å². The second-order valence-electron chi connectivity index (χ2n) is 2.42. The molecule has 0 spiro atoms. The molecule has 0 atom stereocenters. The van der Waals surface area contributed by atoms with E-state index in [1.54, 1.807) is 18.4 Å². The molecule has 0 bridgehead atoms. The maximum absolute atomic E-state index is 8.97. The van der Waals surface area contributed by atoms with Crippen molar-refractivity contribution in [2.45, 2.75) is 26.6 Å². The molecule has 1 N–H and O–H groups in total. The lowest BCUT2D eigenvalue weighted by atomic mass is 10.4. The zero-order chi connectivity index (χ0) is 8.97. The summed E-state index contributed by atoms with van der Waals surface area (Å²) in [5, 5.41) is 10.0. The molecule has 1 rings (SSSR count). The van der Waals surface area contributed by atoms with Gasteiger partial charge in [-0.15, -0.1) is 11.3 Å². The van der Waals surface area contributed by atoms with Gasteiger partial charge >= 0.3 is 0 Å². The molecule has 3 nitrogen and oxygen atoms in total. The van der Waals surface area contributed by atoms with Crippen molar-refractivity contribution in [2.75, 3.05) is 7.11 Å². The van der Waals surface area contributed by atoms with E-state index in [1.807, 2.05) is 0 Å². The molecule has 12 heavy (non-hydrogen) atoms. The summed E-state index contributed by atoms with van der Waals surface area (Å²) in [6.45, 7) is 2.61. The van der Waals surface area contributed by atoms with E-state index in [-0.39, 0.29) is 6.61 Å². The highest BCUT2D eigenvalue weighted by atomic mass is 32.1. The smallest absolute Gasteiger partial charge is 0.0930 e. The number of thiazole rings is 1. The Balaban J connectivity index is 2.84. The number of hydrogen-bond donors (Lipinski definition) is 1. The van der Waals surface area contributed by atoms with Crippen LogP contribution < -0.4 is 0 Å². The van der Waals surface area contributed by atoms with Crippen molar-refractivity contribution in [1.29, 1.82) is 0 Å². The number of nitrogens with zero attached hydrogens (tertiary/aromatic N) is 1. The summed E-state index contributed by atoms with van der Waals surface area (Å²) >= 11 is 1.56. The first-order valence-electron chi connectivity index (χ1n) is 3.89. The van der Waals surface area contributed by atoms with Crippen molar-refractivity contribution in [3.63, 3.8) is 0 Å². The first-order valence-corrected chi connectivity index (χ1v) is 4.70. The molecule has 0 aliphatic heterocycles. The van der Waals surface area contributed by atoms with Crippen LogP contribution in [0.4, 0.5) is 0 Å². The molecule has 0 saturated heterocycles. The van der Waals surface area contributed by atoms with E-state index < -0.39 is 0 Å². The van der Waals surface area contributed by atoms with Crippen molar-refractivity contribution < 1.29 is 9.84 Å². The summed E-state index contributed by atoms with van der Waals surface area (Å²) in [4.78, 5) is 5.25. The minimum Gasteiger partial charge on any atom is -0.391 e. The van der Waals surface area contributed by atoms with E-state index in [1.165, 1.54) is 0 Å². The van der Waals surface area contributed by atoms with Gasteiger partial charge in [0.25, 0.3) is 0 Å². The number of aromatic nitrogens is 1. The van der Waals surface area contributed by atoms with E-state index in [0.717, 1.165) is 22.0 Å². The minimum atomic E-state index is 0.0658. The summed E-state index contributed by atoms with van der Waals surface area (Å²) in [6, 6.07) is 0. The Labute approximate surface area is 76.0 Å². The maximum atomic E-state index is 8.97. The quantitative estimate of drug-likeness (QED) is 0.773. The van der Waals surface area contributed by atoms with Crippen molar-refractivity contribution in [2.24, 2.45) is 0 Å². The van der Waals surface area contributed by atoms with Crippen LogP contribution in [-0.4, -0.2) is 17.2 Å². The highest BCUT2D eigenvalue weighted by molar-refractivity contribution is 7.11. The van der Waals surface area contributed by atoms with Crippen LogP contribution in [0, 0.1) is 0 Å². The molecule has 0 radical (unpaired) electrons. The highest BCUT2D eigenvalue weighted by Gasteiger charge is 2.08. The lowest BCUT2D eigenvalue weighted by Gasteiger charge is -1.95. The zero-order valence-electron chi connectivity index (χ0n) is 7.33. The molecule has 1 heterocycles. The van der Waals surface area contributed by atoms with Gasteiger partial charge < -0.3 is 9.84 Å². The molecule has 1 aromatic heterocycles. The number of aryl methyl sites for hydroxylation is 1. The van der Waals surface area contributed by atoms with Gasteiger partial charge in [0.2, 0.25) is 0 Å².